The largest absolute Gasteiger partial charge is 0.387 e. The van der Waals surface area contributed by atoms with Gasteiger partial charge in [-0.2, -0.15) is 0 Å². The van der Waals surface area contributed by atoms with Gasteiger partial charge in [0.05, 0.1) is 6.10 Å². The van der Waals surface area contributed by atoms with Crippen molar-refractivity contribution in [2.24, 2.45) is 17.8 Å². The van der Waals surface area contributed by atoms with Gasteiger partial charge in [0.15, 0.2) is 0 Å². The summed E-state index contributed by atoms with van der Waals surface area (Å²) in [5, 5.41) is 10.6. The van der Waals surface area contributed by atoms with Crippen LogP contribution in [0.3, 0.4) is 0 Å². The van der Waals surface area contributed by atoms with Crippen LogP contribution in [0.2, 0.25) is 0 Å². The van der Waals surface area contributed by atoms with Gasteiger partial charge in [0, 0.05) is 9.75 Å². The summed E-state index contributed by atoms with van der Waals surface area (Å²) < 4.78 is 0. The lowest BCUT2D eigenvalue weighted by Gasteiger charge is -2.34. The monoisotopic (exact) mass is 264 g/mol. The van der Waals surface area contributed by atoms with Gasteiger partial charge >= 0.3 is 0 Å². The Balaban J connectivity index is 1.74. The quantitative estimate of drug-likeness (QED) is 0.842. The van der Waals surface area contributed by atoms with E-state index >= 15 is 0 Å². The van der Waals surface area contributed by atoms with Gasteiger partial charge < -0.3 is 5.11 Å². The van der Waals surface area contributed by atoms with Gasteiger partial charge in [-0.05, 0) is 67.9 Å². The Morgan fingerprint density at radius 2 is 1.89 bits per heavy atom. The van der Waals surface area contributed by atoms with Crippen molar-refractivity contribution in [2.45, 2.75) is 58.5 Å². The minimum atomic E-state index is -0.203. The average Bonchev–Trinajstić information content (AvgIpc) is 2.86. The second-order valence-electron chi connectivity index (χ2n) is 6.57. The third-order valence-electron chi connectivity index (χ3n) is 4.72. The van der Waals surface area contributed by atoms with Crippen LogP contribution in [0.1, 0.15) is 61.0 Å². The SMILES string of the molecule is CC1CC(C)CC(C(O)c2cc3c(s2)CCC3)C1. The Bertz CT molecular complexity index is 391. The number of aliphatic hydroxyl groups excluding tert-OH is 1. The van der Waals surface area contributed by atoms with Crippen LogP contribution in [0.25, 0.3) is 0 Å². The maximum atomic E-state index is 10.6. The summed E-state index contributed by atoms with van der Waals surface area (Å²) in [4.78, 5) is 2.78. The summed E-state index contributed by atoms with van der Waals surface area (Å²) >= 11 is 1.88. The first kappa shape index (κ1) is 12.7. The number of hydrogen-bond acceptors (Lipinski definition) is 2. The van der Waals surface area contributed by atoms with Gasteiger partial charge in [-0.3, -0.25) is 0 Å². The van der Waals surface area contributed by atoms with Crippen molar-refractivity contribution in [3.05, 3.63) is 21.4 Å². The minimum Gasteiger partial charge on any atom is -0.387 e. The van der Waals surface area contributed by atoms with Crippen molar-refractivity contribution < 1.29 is 5.11 Å². The van der Waals surface area contributed by atoms with Crippen LogP contribution in [-0.2, 0) is 12.8 Å². The molecule has 0 aliphatic heterocycles. The predicted molar refractivity (Wildman–Crippen MR) is 77.0 cm³/mol. The highest BCUT2D eigenvalue weighted by Gasteiger charge is 2.31. The molecule has 1 fully saturated rings. The molecule has 1 aromatic heterocycles. The van der Waals surface area contributed by atoms with Crippen LogP contribution in [0, 0.1) is 17.8 Å². The van der Waals surface area contributed by atoms with E-state index in [1.54, 1.807) is 4.88 Å². The number of thiophene rings is 1. The number of aryl methyl sites for hydroxylation is 2. The molecule has 18 heavy (non-hydrogen) atoms. The van der Waals surface area contributed by atoms with Crippen LogP contribution >= 0.6 is 11.3 Å². The van der Waals surface area contributed by atoms with Gasteiger partial charge in [-0.1, -0.05) is 13.8 Å². The maximum absolute atomic E-state index is 10.6. The molecule has 1 nitrogen and oxygen atoms in total. The third-order valence-corrected chi connectivity index (χ3v) is 6.03. The zero-order valence-corrected chi connectivity index (χ0v) is 12.3. The Kier molecular flexibility index (Phi) is 3.50. The first-order valence-corrected chi connectivity index (χ1v) is 8.24. The van der Waals surface area contributed by atoms with Crippen molar-refractivity contribution in [1.29, 1.82) is 0 Å². The molecular weight excluding hydrogens is 240 g/mol. The highest BCUT2D eigenvalue weighted by Crippen LogP contribution is 2.43. The van der Waals surface area contributed by atoms with Crippen LogP contribution in [0.4, 0.5) is 0 Å². The molecular formula is C16H24OS. The smallest absolute Gasteiger partial charge is 0.0910 e. The van der Waals surface area contributed by atoms with Crippen molar-refractivity contribution in [1.82, 2.24) is 0 Å². The molecule has 3 unspecified atom stereocenters. The molecule has 0 saturated heterocycles. The molecule has 1 saturated carbocycles. The van der Waals surface area contributed by atoms with Crippen molar-refractivity contribution in [3.63, 3.8) is 0 Å². The molecule has 2 aliphatic carbocycles. The van der Waals surface area contributed by atoms with E-state index < -0.39 is 0 Å². The minimum absolute atomic E-state index is 0.203. The highest BCUT2D eigenvalue weighted by molar-refractivity contribution is 7.12. The number of aliphatic hydroxyl groups is 1. The fourth-order valence-electron chi connectivity index (χ4n) is 4.00. The molecule has 0 spiro atoms. The summed E-state index contributed by atoms with van der Waals surface area (Å²) in [5.74, 6) is 2.04. The summed E-state index contributed by atoms with van der Waals surface area (Å²) in [6.45, 7) is 4.67. The lowest BCUT2D eigenvalue weighted by atomic mass is 9.74. The van der Waals surface area contributed by atoms with Gasteiger partial charge in [-0.25, -0.2) is 0 Å². The molecule has 2 heteroatoms. The molecule has 1 heterocycles. The molecule has 100 valence electrons. The van der Waals surface area contributed by atoms with E-state index in [2.05, 4.69) is 19.9 Å². The number of fused-ring (bicyclic) bond motifs is 1. The van der Waals surface area contributed by atoms with E-state index in [1.165, 1.54) is 49.0 Å². The predicted octanol–water partition coefficient (Wildman–Crippen LogP) is 4.34. The van der Waals surface area contributed by atoms with Crippen molar-refractivity contribution >= 4 is 11.3 Å². The molecule has 3 rings (SSSR count). The summed E-state index contributed by atoms with van der Waals surface area (Å²) in [7, 11) is 0. The molecule has 0 aromatic carbocycles. The second kappa shape index (κ2) is 4.97. The van der Waals surface area contributed by atoms with Crippen LogP contribution in [0.5, 0.6) is 0 Å². The molecule has 0 bridgehead atoms. The van der Waals surface area contributed by atoms with E-state index in [4.69, 9.17) is 0 Å². The fraction of sp³-hybridized carbons (Fsp3) is 0.750. The topological polar surface area (TPSA) is 20.2 Å². The van der Waals surface area contributed by atoms with Gasteiger partial charge in [0.1, 0.15) is 0 Å². The number of rotatable bonds is 2. The first-order valence-electron chi connectivity index (χ1n) is 7.43. The summed E-state index contributed by atoms with van der Waals surface area (Å²) in [6.07, 6.45) is 7.33. The fourth-order valence-corrected chi connectivity index (χ4v) is 5.33. The molecule has 0 amide bonds. The molecule has 1 N–H and O–H groups in total. The van der Waals surface area contributed by atoms with Crippen molar-refractivity contribution in [3.8, 4) is 0 Å². The lowest BCUT2D eigenvalue weighted by molar-refractivity contribution is 0.0576. The molecule has 0 radical (unpaired) electrons. The summed E-state index contributed by atoms with van der Waals surface area (Å²) in [5.41, 5.74) is 1.52. The van der Waals surface area contributed by atoms with Gasteiger partial charge in [0.25, 0.3) is 0 Å². The van der Waals surface area contributed by atoms with E-state index in [0.29, 0.717) is 5.92 Å². The van der Waals surface area contributed by atoms with E-state index in [-0.39, 0.29) is 6.10 Å². The van der Waals surface area contributed by atoms with E-state index in [0.717, 1.165) is 11.8 Å². The Labute approximate surface area is 114 Å². The third kappa shape index (κ3) is 2.37. The Morgan fingerprint density at radius 3 is 2.56 bits per heavy atom. The van der Waals surface area contributed by atoms with Gasteiger partial charge in [0.2, 0.25) is 0 Å². The van der Waals surface area contributed by atoms with E-state index in [1.807, 2.05) is 11.3 Å². The zero-order valence-electron chi connectivity index (χ0n) is 11.5. The average molecular weight is 264 g/mol. The maximum Gasteiger partial charge on any atom is 0.0910 e. The lowest BCUT2D eigenvalue weighted by Crippen LogP contribution is -2.24. The Morgan fingerprint density at radius 1 is 1.17 bits per heavy atom. The van der Waals surface area contributed by atoms with Crippen LogP contribution in [0.15, 0.2) is 6.07 Å². The van der Waals surface area contributed by atoms with Crippen LogP contribution in [-0.4, -0.2) is 5.11 Å². The summed E-state index contributed by atoms with van der Waals surface area (Å²) in [6, 6.07) is 2.29. The molecule has 3 atom stereocenters. The number of hydrogen-bond donors (Lipinski definition) is 1. The second-order valence-corrected chi connectivity index (χ2v) is 7.74. The van der Waals surface area contributed by atoms with Crippen LogP contribution < -0.4 is 0 Å². The zero-order chi connectivity index (χ0) is 12.7. The normalized spacial score (nSPS) is 33.4. The Hall–Kier alpha value is -0.340. The standard InChI is InChI=1S/C16H24OS/c1-10-6-11(2)8-13(7-10)16(17)15-9-12-4-3-5-14(12)18-15/h9-11,13,16-17H,3-8H2,1-2H3. The van der Waals surface area contributed by atoms with Gasteiger partial charge in [-0.15, -0.1) is 11.3 Å². The molecule has 1 aromatic rings. The molecule has 2 aliphatic rings. The van der Waals surface area contributed by atoms with E-state index in [9.17, 15) is 5.11 Å². The van der Waals surface area contributed by atoms with Crippen molar-refractivity contribution in [2.75, 3.05) is 0 Å². The first-order chi connectivity index (χ1) is 8.63. The highest BCUT2D eigenvalue weighted by atomic mass is 32.1.